The Morgan fingerprint density at radius 1 is 1.25 bits per heavy atom. The summed E-state index contributed by atoms with van der Waals surface area (Å²) in [5.41, 5.74) is 0.439. The Morgan fingerprint density at radius 3 is 2.50 bits per heavy atom. The summed E-state index contributed by atoms with van der Waals surface area (Å²) in [6.45, 7) is 0. The van der Waals surface area contributed by atoms with E-state index in [1.807, 2.05) is 0 Å². The Labute approximate surface area is 91.4 Å². The van der Waals surface area contributed by atoms with Crippen LogP contribution in [-0.2, 0) is 14.3 Å². The quantitative estimate of drug-likeness (QED) is 0.572. The summed E-state index contributed by atoms with van der Waals surface area (Å²) in [5, 5.41) is 2.44. The van der Waals surface area contributed by atoms with Gasteiger partial charge in [0.1, 0.15) is 6.04 Å². The van der Waals surface area contributed by atoms with Crippen LogP contribution in [0.15, 0.2) is 30.3 Å². The van der Waals surface area contributed by atoms with Gasteiger partial charge < -0.3 is 10.1 Å². The number of hydrogen-bond acceptors (Lipinski definition) is 4. The van der Waals surface area contributed by atoms with E-state index in [0.717, 1.165) is 0 Å². The Morgan fingerprint density at radius 2 is 1.94 bits per heavy atom. The molecule has 0 aliphatic carbocycles. The highest BCUT2D eigenvalue weighted by Crippen LogP contribution is 2.09. The first-order valence-electron chi connectivity index (χ1n) is 4.77. The van der Waals surface area contributed by atoms with Crippen molar-refractivity contribution in [2.75, 3.05) is 0 Å². The Bertz CT molecular complexity index is 441. The van der Waals surface area contributed by atoms with E-state index in [-0.39, 0.29) is 6.42 Å². The lowest BCUT2D eigenvalue weighted by molar-refractivity contribution is -0.152. The maximum Gasteiger partial charge on any atom is 0.336 e. The first-order chi connectivity index (χ1) is 7.66. The Hall–Kier alpha value is -2.17. The van der Waals surface area contributed by atoms with Crippen molar-refractivity contribution in [1.82, 2.24) is 5.32 Å². The number of rotatable bonds is 2. The number of hydrogen-bond donors (Lipinski definition) is 1. The molecule has 0 saturated carbocycles. The summed E-state index contributed by atoms with van der Waals surface area (Å²) < 4.78 is 4.32. The second-order valence-corrected chi connectivity index (χ2v) is 3.39. The van der Waals surface area contributed by atoms with Gasteiger partial charge in [0.2, 0.25) is 0 Å². The molecular formula is C11H9NO4. The van der Waals surface area contributed by atoms with Crippen molar-refractivity contribution in [3.63, 3.8) is 0 Å². The molecule has 0 aromatic heterocycles. The largest absolute Gasteiger partial charge is 0.392 e. The van der Waals surface area contributed by atoms with E-state index < -0.39 is 23.9 Å². The zero-order chi connectivity index (χ0) is 11.5. The maximum absolute atomic E-state index is 11.6. The lowest BCUT2D eigenvalue weighted by Crippen LogP contribution is -2.37. The van der Waals surface area contributed by atoms with Crippen molar-refractivity contribution < 1.29 is 19.1 Å². The van der Waals surface area contributed by atoms with Crippen molar-refractivity contribution in [2.45, 2.75) is 12.5 Å². The van der Waals surface area contributed by atoms with E-state index in [0.29, 0.717) is 5.56 Å². The molecule has 1 amide bonds. The monoisotopic (exact) mass is 219 g/mol. The van der Waals surface area contributed by atoms with Gasteiger partial charge >= 0.3 is 11.9 Å². The number of benzene rings is 1. The predicted molar refractivity (Wildman–Crippen MR) is 53.4 cm³/mol. The number of amides is 1. The molecule has 16 heavy (non-hydrogen) atoms. The van der Waals surface area contributed by atoms with E-state index in [9.17, 15) is 14.4 Å². The molecule has 5 heteroatoms. The first kappa shape index (κ1) is 10.4. The predicted octanol–water partition coefficient (Wildman–Crippen LogP) is 0.258. The van der Waals surface area contributed by atoms with Crippen molar-refractivity contribution in [2.24, 2.45) is 0 Å². The van der Waals surface area contributed by atoms with E-state index in [2.05, 4.69) is 10.1 Å². The van der Waals surface area contributed by atoms with Crippen LogP contribution in [0.4, 0.5) is 0 Å². The maximum atomic E-state index is 11.6. The summed E-state index contributed by atoms with van der Waals surface area (Å²) in [6, 6.07) is 7.60. The van der Waals surface area contributed by atoms with Crippen molar-refractivity contribution in [3.8, 4) is 0 Å². The van der Waals surface area contributed by atoms with E-state index in [1.165, 1.54) is 0 Å². The van der Waals surface area contributed by atoms with E-state index >= 15 is 0 Å². The lowest BCUT2D eigenvalue weighted by atomic mass is 10.2. The minimum absolute atomic E-state index is 0.0998. The topological polar surface area (TPSA) is 72.5 Å². The molecular weight excluding hydrogens is 210 g/mol. The summed E-state index contributed by atoms with van der Waals surface area (Å²) in [5.74, 6) is -1.70. The van der Waals surface area contributed by atoms with Crippen LogP contribution in [0.3, 0.4) is 0 Å². The van der Waals surface area contributed by atoms with Crippen LogP contribution in [-0.4, -0.2) is 23.9 Å². The molecule has 1 aromatic rings. The molecule has 0 spiro atoms. The van der Waals surface area contributed by atoms with E-state index in [1.54, 1.807) is 30.3 Å². The molecule has 0 radical (unpaired) electrons. The average Bonchev–Trinajstić information content (AvgIpc) is 2.59. The molecule has 1 saturated heterocycles. The van der Waals surface area contributed by atoms with Gasteiger partial charge in [0.05, 0.1) is 6.42 Å². The Kier molecular flexibility index (Phi) is 2.68. The lowest BCUT2D eigenvalue weighted by Gasteiger charge is -2.07. The zero-order valence-corrected chi connectivity index (χ0v) is 8.30. The van der Waals surface area contributed by atoms with Gasteiger partial charge in [-0.25, -0.2) is 4.79 Å². The minimum atomic E-state index is -0.861. The highest BCUT2D eigenvalue weighted by Gasteiger charge is 2.34. The molecule has 1 aromatic carbocycles. The van der Waals surface area contributed by atoms with Crippen LogP contribution in [0, 0.1) is 0 Å². The molecule has 1 atom stereocenters. The third-order valence-electron chi connectivity index (χ3n) is 2.21. The van der Waals surface area contributed by atoms with E-state index in [4.69, 9.17) is 0 Å². The smallest absolute Gasteiger partial charge is 0.336 e. The van der Waals surface area contributed by atoms with Gasteiger partial charge in [-0.1, -0.05) is 18.2 Å². The van der Waals surface area contributed by atoms with Gasteiger partial charge in [-0.3, -0.25) is 9.59 Å². The first-order valence-corrected chi connectivity index (χ1v) is 4.77. The third-order valence-corrected chi connectivity index (χ3v) is 2.21. The fourth-order valence-corrected chi connectivity index (χ4v) is 1.42. The molecule has 0 unspecified atom stereocenters. The summed E-state index contributed by atoms with van der Waals surface area (Å²) in [4.78, 5) is 33.5. The normalized spacial score (nSPS) is 19.4. The number of cyclic esters (lactones) is 2. The van der Waals surface area contributed by atoms with Crippen molar-refractivity contribution >= 4 is 17.8 Å². The SMILES string of the molecule is O=C1C[C@@H](NC(=O)c2ccccc2)C(=O)O1. The number of esters is 2. The van der Waals surface area contributed by atoms with Gasteiger partial charge in [-0.05, 0) is 12.1 Å². The fourth-order valence-electron chi connectivity index (χ4n) is 1.42. The van der Waals surface area contributed by atoms with Crippen LogP contribution in [0.25, 0.3) is 0 Å². The number of carbonyl (C=O) groups excluding carboxylic acids is 3. The van der Waals surface area contributed by atoms with Gasteiger partial charge in [0, 0.05) is 5.56 Å². The molecule has 1 aliphatic rings. The van der Waals surface area contributed by atoms with Gasteiger partial charge in [0.25, 0.3) is 5.91 Å². The number of ether oxygens (including phenoxy) is 1. The second kappa shape index (κ2) is 4.14. The Balaban J connectivity index is 2.03. The highest BCUT2D eigenvalue weighted by molar-refractivity contribution is 6.02. The molecule has 82 valence electrons. The second-order valence-electron chi connectivity index (χ2n) is 3.39. The van der Waals surface area contributed by atoms with Crippen molar-refractivity contribution in [3.05, 3.63) is 35.9 Å². The number of carbonyl (C=O) groups is 3. The van der Waals surface area contributed by atoms with Crippen LogP contribution in [0.1, 0.15) is 16.8 Å². The molecule has 2 rings (SSSR count). The fraction of sp³-hybridized carbons (Fsp3) is 0.182. The summed E-state index contributed by atoms with van der Waals surface area (Å²) in [6.07, 6.45) is -0.0998. The molecule has 1 N–H and O–H groups in total. The summed E-state index contributed by atoms with van der Waals surface area (Å²) in [7, 11) is 0. The van der Waals surface area contributed by atoms with Crippen LogP contribution < -0.4 is 5.32 Å². The van der Waals surface area contributed by atoms with Crippen LogP contribution in [0.5, 0.6) is 0 Å². The summed E-state index contributed by atoms with van der Waals surface area (Å²) >= 11 is 0. The molecule has 1 heterocycles. The van der Waals surface area contributed by atoms with Crippen LogP contribution >= 0.6 is 0 Å². The molecule has 1 fully saturated rings. The third kappa shape index (κ3) is 2.08. The highest BCUT2D eigenvalue weighted by atomic mass is 16.6. The van der Waals surface area contributed by atoms with Gasteiger partial charge in [-0.15, -0.1) is 0 Å². The van der Waals surface area contributed by atoms with Gasteiger partial charge in [0.15, 0.2) is 0 Å². The standard InChI is InChI=1S/C11H9NO4/c13-9-6-8(11(15)16-9)12-10(14)7-4-2-1-3-5-7/h1-5,8H,6H2,(H,12,14)/t8-/m1/s1. The molecule has 5 nitrogen and oxygen atoms in total. The average molecular weight is 219 g/mol. The van der Waals surface area contributed by atoms with Crippen molar-refractivity contribution in [1.29, 1.82) is 0 Å². The van der Waals surface area contributed by atoms with Crippen LogP contribution in [0.2, 0.25) is 0 Å². The number of nitrogens with one attached hydrogen (secondary N) is 1. The molecule has 1 aliphatic heterocycles. The molecule has 0 bridgehead atoms. The van der Waals surface area contributed by atoms with Gasteiger partial charge in [-0.2, -0.15) is 0 Å². The zero-order valence-electron chi connectivity index (χ0n) is 8.30. The minimum Gasteiger partial charge on any atom is -0.392 e.